The molecule has 1 atom stereocenters. The molecule has 13 heteroatoms. The zero-order valence-electron chi connectivity index (χ0n) is 26.8. The maximum absolute atomic E-state index is 12.6. The van der Waals surface area contributed by atoms with Crippen molar-refractivity contribution in [2.45, 2.75) is 71.3 Å². The van der Waals surface area contributed by atoms with Gasteiger partial charge in [0.2, 0.25) is 11.8 Å². The van der Waals surface area contributed by atoms with Gasteiger partial charge in [0.1, 0.15) is 18.1 Å². The third kappa shape index (κ3) is 7.64. The second-order valence-electron chi connectivity index (χ2n) is 13.3. The summed E-state index contributed by atoms with van der Waals surface area (Å²) in [5, 5.41) is 8.22. The molecule has 5 rings (SSSR count). The molecule has 0 aliphatic heterocycles. The molecule has 1 amide bonds. The van der Waals surface area contributed by atoms with Crippen LogP contribution in [0.3, 0.4) is 0 Å². The van der Waals surface area contributed by atoms with Gasteiger partial charge < -0.3 is 29.0 Å². The fourth-order valence-electron chi connectivity index (χ4n) is 4.56. The number of fused-ring (bicyclic) bond motifs is 1. The van der Waals surface area contributed by atoms with Crippen LogP contribution in [-0.2, 0) is 23.3 Å². The Labute approximate surface area is 259 Å². The average molecular weight is 619 g/mol. The number of aromatic nitrogens is 6. The van der Waals surface area contributed by atoms with Gasteiger partial charge in [0.15, 0.2) is 5.65 Å². The minimum atomic E-state index is -1.25. The number of rotatable bonds is 11. The van der Waals surface area contributed by atoms with E-state index in [9.17, 15) is 4.79 Å². The number of aryl methyl sites for hydroxylation is 1. The van der Waals surface area contributed by atoms with Crippen molar-refractivity contribution in [2.75, 3.05) is 19.0 Å². The van der Waals surface area contributed by atoms with Crippen molar-refractivity contribution in [3.05, 3.63) is 54.8 Å². The quantitative estimate of drug-likeness (QED) is 0.155. The molecule has 0 fully saturated rings. The van der Waals surface area contributed by atoms with Crippen molar-refractivity contribution in [3.63, 3.8) is 0 Å². The fraction of sp³-hybridized carbons (Fsp3) is 0.452. The van der Waals surface area contributed by atoms with Crippen LogP contribution in [0.1, 0.15) is 27.2 Å². The summed E-state index contributed by atoms with van der Waals surface area (Å²) in [5.41, 5.74) is 2.42. The summed E-state index contributed by atoms with van der Waals surface area (Å²) in [6.07, 6.45) is 9.34. The molecular weight excluding hydrogens is 576 g/mol. The minimum absolute atomic E-state index is 0.148. The van der Waals surface area contributed by atoms with Gasteiger partial charge in [-0.05, 0) is 45.0 Å². The Hall–Kier alpha value is -4.23. The summed E-state index contributed by atoms with van der Waals surface area (Å²) in [4.78, 5) is 28.5. The molecule has 234 valence electrons. The van der Waals surface area contributed by atoms with Crippen molar-refractivity contribution < 1.29 is 19.0 Å². The van der Waals surface area contributed by atoms with Crippen LogP contribution in [0, 0.1) is 0 Å². The highest BCUT2D eigenvalue weighted by molar-refractivity contribution is 6.76. The van der Waals surface area contributed by atoms with Crippen molar-refractivity contribution in [2.24, 2.45) is 7.05 Å². The number of ether oxygens (including phenoxy) is 3. The van der Waals surface area contributed by atoms with Gasteiger partial charge in [0, 0.05) is 59.4 Å². The number of hydrogen-bond acceptors (Lipinski definition) is 9. The zero-order chi connectivity index (χ0) is 31.6. The molecule has 1 aliphatic carbocycles. The molecule has 4 aromatic heterocycles. The van der Waals surface area contributed by atoms with E-state index in [1.165, 1.54) is 0 Å². The lowest BCUT2D eigenvalue weighted by Crippen LogP contribution is -2.43. The molecular formula is C31H42N8O4Si. The number of carbonyl (C=O) groups is 1. The van der Waals surface area contributed by atoms with Crippen LogP contribution in [0.25, 0.3) is 22.3 Å². The van der Waals surface area contributed by atoms with E-state index in [2.05, 4.69) is 35.0 Å². The molecule has 1 aliphatic rings. The summed E-state index contributed by atoms with van der Waals surface area (Å²) in [7, 11) is 2.32. The van der Waals surface area contributed by atoms with Crippen molar-refractivity contribution in [1.29, 1.82) is 0 Å². The molecule has 1 N–H and O–H groups in total. The molecule has 0 radical (unpaired) electrons. The molecule has 0 saturated heterocycles. The summed E-state index contributed by atoms with van der Waals surface area (Å²) >= 11 is 0. The highest BCUT2D eigenvalue weighted by atomic mass is 28.3. The van der Waals surface area contributed by atoms with E-state index in [4.69, 9.17) is 24.2 Å². The lowest BCUT2D eigenvalue weighted by molar-refractivity contribution is 0.0231. The van der Waals surface area contributed by atoms with Crippen LogP contribution >= 0.6 is 0 Å². The van der Waals surface area contributed by atoms with Crippen LogP contribution < -0.4 is 10.1 Å². The van der Waals surface area contributed by atoms with E-state index < -0.39 is 13.7 Å². The molecule has 0 unspecified atom stereocenters. The van der Waals surface area contributed by atoms with Gasteiger partial charge in [-0.15, -0.1) is 0 Å². The zero-order valence-corrected chi connectivity index (χ0v) is 27.8. The predicted molar refractivity (Wildman–Crippen MR) is 172 cm³/mol. The van der Waals surface area contributed by atoms with E-state index in [1.54, 1.807) is 29.0 Å². The maximum Gasteiger partial charge on any atom is 0.410 e. The Bertz CT molecular complexity index is 1650. The number of nitrogens with one attached hydrogen (secondary N) is 1. The monoisotopic (exact) mass is 618 g/mol. The molecule has 44 heavy (non-hydrogen) atoms. The van der Waals surface area contributed by atoms with Crippen molar-refractivity contribution in [1.82, 2.24) is 34.2 Å². The molecule has 0 saturated carbocycles. The summed E-state index contributed by atoms with van der Waals surface area (Å²) < 4.78 is 21.8. The van der Waals surface area contributed by atoms with E-state index in [0.29, 0.717) is 43.0 Å². The van der Waals surface area contributed by atoms with E-state index >= 15 is 0 Å². The maximum atomic E-state index is 12.6. The van der Waals surface area contributed by atoms with Crippen LogP contribution in [0.5, 0.6) is 5.88 Å². The number of hydrogen-bond donors (Lipinski definition) is 1. The van der Waals surface area contributed by atoms with Gasteiger partial charge in [-0.25, -0.2) is 4.79 Å². The molecule has 4 heterocycles. The Kier molecular flexibility index (Phi) is 8.80. The molecule has 0 bridgehead atoms. The first kappa shape index (κ1) is 31.2. The lowest BCUT2D eigenvalue weighted by Gasteiger charge is -2.34. The second kappa shape index (κ2) is 12.4. The molecule has 0 aromatic carbocycles. The topological polar surface area (TPSA) is 121 Å². The van der Waals surface area contributed by atoms with E-state index in [-0.39, 0.29) is 12.1 Å². The highest BCUT2D eigenvalue weighted by Gasteiger charge is 2.32. The minimum Gasteiger partial charge on any atom is -0.444 e. The SMILES string of the molecule is CN(C(=O)OC(C)(C)C)[C@@H]1C=C(Oc2nc(Nc3cnn(C)c3)nc3c2c(-c2ccccn2)cn3COCC[Si](C)(C)C)C1. The van der Waals surface area contributed by atoms with Gasteiger partial charge in [-0.3, -0.25) is 9.67 Å². The molecule has 12 nitrogen and oxygen atoms in total. The summed E-state index contributed by atoms with van der Waals surface area (Å²) in [5.74, 6) is 1.44. The van der Waals surface area contributed by atoms with Gasteiger partial charge in [-0.1, -0.05) is 25.7 Å². The summed E-state index contributed by atoms with van der Waals surface area (Å²) in [6.45, 7) is 13.5. The smallest absolute Gasteiger partial charge is 0.410 e. The van der Waals surface area contributed by atoms with Gasteiger partial charge in [-0.2, -0.15) is 15.1 Å². The summed E-state index contributed by atoms with van der Waals surface area (Å²) in [6, 6.07) is 6.69. The van der Waals surface area contributed by atoms with Crippen LogP contribution in [0.15, 0.2) is 54.8 Å². The Morgan fingerprint density at radius 2 is 1.95 bits per heavy atom. The van der Waals surface area contributed by atoms with Crippen LogP contribution in [-0.4, -0.2) is 73.7 Å². The van der Waals surface area contributed by atoms with Crippen LogP contribution in [0.2, 0.25) is 25.7 Å². The first-order valence-corrected chi connectivity index (χ1v) is 18.5. The highest BCUT2D eigenvalue weighted by Crippen LogP contribution is 2.38. The number of pyridine rings is 1. The standard InChI is InChI=1S/C31H42N8O4Si/c1-31(2,3)43-30(40)38(5)22-15-23(16-22)42-28-26-24(25-11-9-10-12-32-25)19-39(20-41-13-14-44(6,7)8)27(26)35-29(36-28)34-21-17-33-37(4)18-21/h9-12,15,17-19,22H,13-14,16,20H2,1-8H3,(H,34,35,36)/t22-/m1/s1. The molecule has 0 spiro atoms. The third-order valence-corrected chi connectivity index (χ3v) is 8.71. The Morgan fingerprint density at radius 3 is 2.59 bits per heavy atom. The lowest BCUT2D eigenvalue weighted by atomic mass is 10.0. The number of carbonyl (C=O) groups excluding carboxylic acids is 1. The van der Waals surface area contributed by atoms with E-state index in [0.717, 1.165) is 28.4 Å². The molecule has 4 aromatic rings. The van der Waals surface area contributed by atoms with Crippen molar-refractivity contribution in [3.8, 4) is 17.1 Å². The Morgan fingerprint density at radius 1 is 1.18 bits per heavy atom. The van der Waals surface area contributed by atoms with Gasteiger partial charge in [0.25, 0.3) is 0 Å². The fourth-order valence-corrected chi connectivity index (χ4v) is 5.32. The third-order valence-electron chi connectivity index (χ3n) is 7.01. The average Bonchev–Trinajstić information content (AvgIpc) is 3.50. The van der Waals surface area contributed by atoms with Crippen molar-refractivity contribution >= 4 is 36.8 Å². The Balaban J connectivity index is 1.51. The van der Waals surface area contributed by atoms with Gasteiger partial charge >= 0.3 is 6.09 Å². The normalized spacial score (nSPS) is 15.1. The van der Waals surface area contributed by atoms with E-state index in [1.807, 2.05) is 69.1 Å². The number of anilines is 2. The predicted octanol–water partition coefficient (Wildman–Crippen LogP) is 6.18. The first-order chi connectivity index (χ1) is 20.8. The van der Waals surface area contributed by atoms with Crippen LogP contribution in [0.4, 0.5) is 16.4 Å². The first-order valence-electron chi connectivity index (χ1n) is 14.8. The van der Waals surface area contributed by atoms with Gasteiger partial charge in [0.05, 0.1) is 29.0 Å². The number of nitrogens with zero attached hydrogens (tertiary/aromatic N) is 7. The second-order valence-corrected chi connectivity index (χ2v) is 18.9. The number of likely N-dealkylation sites (N-methyl/N-ethyl adjacent to an activating group) is 1. The number of amides is 1. The largest absolute Gasteiger partial charge is 0.444 e.